The van der Waals surface area contributed by atoms with Crippen molar-refractivity contribution in [3.05, 3.63) is 50.2 Å². The van der Waals surface area contributed by atoms with Gasteiger partial charge in [0.15, 0.2) is 10.6 Å². The molecule has 30 heavy (non-hydrogen) atoms. The van der Waals surface area contributed by atoms with Gasteiger partial charge >= 0.3 is 0 Å². The number of hydrogen-bond donors (Lipinski definition) is 1. The smallest absolute Gasteiger partial charge is 0.224 e. The molecular weight excluding hydrogens is 414 g/mol. The average Bonchev–Trinajstić information content (AvgIpc) is 3.28. The maximum Gasteiger partial charge on any atom is 0.224 e. The summed E-state index contributed by atoms with van der Waals surface area (Å²) in [6, 6.07) is 8.11. The van der Waals surface area contributed by atoms with E-state index in [-0.39, 0.29) is 11.9 Å². The van der Waals surface area contributed by atoms with E-state index in [1.807, 2.05) is 49.7 Å². The van der Waals surface area contributed by atoms with Crippen molar-refractivity contribution in [1.29, 1.82) is 0 Å². The van der Waals surface area contributed by atoms with Crippen LogP contribution in [0.15, 0.2) is 24.3 Å². The Morgan fingerprint density at radius 1 is 1.23 bits per heavy atom. The number of H-pyrrole nitrogens is 1. The van der Waals surface area contributed by atoms with Crippen LogP contribution >= 0.6 is 23.6 Å². The van der Waals surface area contributed by atoms with E-state index < -0.39 is 0 Å². The van der Waals surface area contributed by atoms with Crippen LogP contribution in [0.1, 0.15) is 60.3 Å². The van der Waals surface area contributed by atoms with Crippen molar-refractivity contribution < 1.29 is 4.79 Å². The van der Waals surface area contributed by atoms with Crippen molar-refractivity contribution in [2.24, 2.45) is 0 Å². The maximum atomic E-state index is 12.9. The fraction of sp³-hybridized carbons (Fsp3) is 0.455. The monoisotopic (exact) mass is 443 g/mol. The van der Waals surface area contributed by atoms with Crippen LogP contribution in [0.2, 0.25) is 0 Å². The zero-order valence-electron chi connectivity index (χ0n) is 18.4. The third kappa shape index (κ3) is 4.70. The minimum absolute atomic E-state index is 0.0172. The molecule has 1 aromatic carbocycles. The van der Waals surface area contributed by atoms with Gasteiger partial charge in [-0.25, -0.2) is 4.98 Å². The van der Waals surface area contributed by atoms with Crippen LogP contribution in [-0.4, -0.2) is 37.6 Å². The number of nitrogens with one attached hydrogen (secondary N) is 1. The molecule has 3 rings (SSSR count). The van der Waals surface area contributed by atoms with Gasteiger partial charge in [0, 0.05) is 36.4 Å². The van der Waals surface area contributed by atoms with Gasteiger partial charge in [0.2, 0.25) is 5.91 Å². The molecule has 0 spiro atoms. The Morgan fingerprint density at radius 3 is 2.50 bits per heavy atom. The highest BCUT2D eigenvalue weighted by molar-refractivity contribution is 7.71. The van der Waals surface area contributed by atoms with Gasteiger partial charge in [-0.05, 0) is 33.0 Å². The summed E-state index contributed by atoms with van der Waals surface area (Å²) in [5.41, 5.74) is 3.17. The molecule has 0 unspecified atom stereocenters. The minimum Gasteiger partial charge on any atom is -0.338 e. The lowest BCUT2D eigenvalue weighted by Crippen LogP contribution is -2.30. The predicted molar refractivity (Wildman–Crippen MR) is 124 cm³/mol. The summed E-state index contributed by atoms with van der Waals surface area (Å²) in [4.78, 5) is 20.6. The van der Waals surface area contributed by atoms with Gasteiger partial charge in [0.05, 0.1) is 16.7 Å². The maximum absolute atomic E-state index is 12.9. The first kappa shape index (κ1) is 22.4. The van der Waals surface area contributed by atoms with Crippen LogP contribution in [-0.2, 0) is 11.3 Å². The molecule has 0 aliphatic carbocycles. The van der Waals surface area contributed by atoms with E-state index in [2.05, 4.69) is 36.0 Å². The van der Waals surface area contributed by atoms with Gasteiger partial charge in [-0.2, -0.15) is 5.10 Å². The largest absolute Gasteiger partial charge is 0.338 e. The van der Waals surface area contributed by atoms with Gasteiger partial charge in [0.1, 0.15) is 0 Å². The molecule has 2 heterocycles. The molecule has 1 amide bonds. The Hall–Kier alpha value is -2.32. The summed E-state index contributed by atoms with van der Waals surface area (Å²) in [6.45, 7) is 10.9. The molecule has 8 heteroatoms. The van der Waals surface area contributed by atoms with Crippen molar-refractivity contribution in [3.63, 3.8) is 0 Å². The summed E-state index contributed by atoms with van der Waals surface area (Å²) in [5, 5.41) is 8.34. The van der Waals surface area contributed by atoms with E-state index in [1.54, 1.807) is 16.2 Å². The van der Waals surface area contributed by atoms with Crippen molar-refractivity contribution >= 4 is 29.5 Å². The fourth-order valence-electron chi connectivity index (χ4n) is 3.29. The van der Waals surface area contributed by atoms with Crippen LogP contribution < -0.4 is 0 Å². The molecule has 2 aromatic heterocycles. The number of hydrogen-bond acceptors (Lipinski definition) is 5. The lowest BCUT2D eigenvalue weighted by molar-refractivity contribution is -0.132. The van der Waals surface area contributed by atoms with Crippen LogP contribution in [0, 0.1) is 18.6 Å². The second-order valence-electron chi connectivity index (χ2n) is 7.96. The van der Waals surface area contributed by atoms with E-state index in [9.17, 15) is 4.79 Å². The minimum atomic E-state index is -0.0172. The van der Waals surface area contributed by atoms with Crippen LogP contribution in [0.3, 0.4) is 0 Å². The van der Waals surface area contributed by atoms with Gasteiger partial charge in [0.25, 0.3) is 0 Å². The topological polar surface area (TPSA) is 66.8 Å². The Bertz CT molecular complexity index is 1080. The van der Waals surface area contributed by atoms with Gasteiger partial charge in [-0.1, -0.05) is 43.7 Å². The number of aromatic nitrogens is 4. The normalized spacial score (nSPS) is 12.4. The third-order valence-electron chi connectivity index (χ3n) is 5.31. The molecule has 0 bridgehead atoms. The van der Waals surface area contributed by atoms with Crippen LogP contribution in [0.4, 0.5) is 0 Å². The number of rotatable bonds is 7. The SMILES string of the molecule is Cc1ccc(-c2n[nH]c(=S)n2CCC(=O)N(C)[C@@H](C)c2sc(C(C)C)nc2C)cc1. The Morgan fingerprint density at radius 2 is 1.90 bits per heavy atom. The molecule has 6 nitrogen and oxygen atoms in total. The molecule has 1 atom stereocenters. The first-order valence-electron chi connectivity index (χ1n) is 10.1. The van der Waals surface area contributed by atoms with E-state index in [0.717, 1.165) is 27.0 Å². The summed E-state index contributed by atoms with van der Waals surface area (Å²) in [7, 11) is 1.86. The number of aryl methyl sites for hydroxylation is 2. The average molecular weight is 444 g/mol. The number of aromatic amines is 1. The number of carbonyl (C=O) groups excluding carboxylic acids is 1. The fourth-order valence-corrected chi connectivity index (χ4v) is 4.68. The molecule has 0 fully saturated rings. The quantitative estimate of drug-likeness (QED) is 0.496. The first-order chi connectivity index (χ1) is 14.2. The molecular formula is C22H29N5OS2. The second-order valence-corrected chi connectivity index (χ2v) is 9.41. The Labute approximate surface area is 187 Å². The Kier molecular flexibility index (Phi) is 6.88. The van der Waals surface area contributed by atoms with Gasteiger partial charge in [-0.15, -0.1) is 11.3 Å². The number of nitrogens with zero attached hydrogens (tertiary/aromatic N) is 4. The van der Waals surface area contributed by atoms with Crippen molar-refractivity contribution in [1.82, 2.24) is 24.6 Å². The van der Waals surface area contributed by atoms with Crippen LogP contribution in [0.25, 0.3) is 11.4 Å². The van der Waals surface area contributed by atoms with E-state index >= 15 is 0 Å². The van der Waals surface area contributed by atoms with E-state index in [1.165, 1.54) is 5.56 Å². The molecule has 0 aliphatic rings. The van der Waals surface area contributed by atoms with E-state index in [4.69, 9.17) is 12.2 Å². The predicted octanol–water partition coefficient (Wildman–Crippen LogP) is 5.41. The lowest BCUT2D eigenvalue weighted by atomic mass is 10.1. The van der Waals surface area contributed by atoms with E-state index in [0.29, 0.717) is 23.7 Å². The van der Waals surface area contributed by atoms with Gasteiger partial charge < -0.3 is 4.90 Å². The number of benzene rings is 1. The van der Waals surface area contributed by atoms with Gasteiger partial charge in [-0.3, -0.25) is 14.5 Å². The molecule has 0 saturated heterocycles. The highest BCUT2D eigenvalue weighted by atomic mass is 32.1. The molecule has 3 aromatic rings. The molecule has 1 N–H and O–H groups in total. The first-order valence-corrected chi connectivity index (χ1v) is 11.4. The van der Waals surface area contributed by atoms with Crippen molar-refractivity contribution in [2.75, 3.05) is 7.05 Å². The number of thiazole rings is 1. The summed E-state index contributed by atoms with van der Waals surface area (Å²) in [5.74, 6) is 1.21. The van der Waals surface area contributed by atoms with Crippen LogP contribution in [0.5, 0.6) is 0 Å². The summed E-state index contributed by atoms with van der Waals surface area (Å²) >= 11 is 7.10. The number of amides is 1. The molecule has 0 aliphatic heterocycles. The zero-order chi connectivity index (χ0) is 22.0. The number of carbonyl (C=O) groups is 1. The third-order valence-corrected chi connectivity index (χ3v) is 7.25. The molecule has 0 saturated carbocycles. The summed E-state index contributed by atoms with van der Waals surface area (Å²) in [6.07, 6.45) is 0.350. The molecule has 160 valence electrons. The standard InChI is InChI=1S/C22H29N5OS2/c1-13(2)21-23-15(4)19(30-21)16(5)26(6)18(28)11-12-27-20(24-25-22(27)29)17-9-7-14(3)8-10-17/h7-10,13,16H,11-12H2,1-6H3,(H,25,29)/t16-/m0/s1. The molecule has 0 radical (unpaired) electrons. The highest BCUT2D eigenvalue weighted by Gasteiger charge is 2.23. The Balaban J connectivity index is 1.72. The second kappa shape index (κ2) is 9.22. The van der Waals surface area contributed by atoms with Crippen molar-refractivity contribution in [2.45, 2.75) is 59.5 Å². The van der Waals surface area contributed by atoms with Crippen molar-refractivity contribution in [3.8, 4) is 11.4 Å². The zero-order valence-corrected chi connectivity index (χ0v) is 20.0. The lowest BCUT2D eigenvalue weighted by Gasteiger charge is -2.24. The summed E-state index contributed by atoms with van der Waals surface area (Å²) < 4.78 is 2.42. The highest BCUT2D eigenvalue weighted by Crippen LogP contribution is 2.32.